The molecule has 1 rings (SSSR count). The van der Waals surface area contributed by atoms with Crippen LogP contribution in [0, 0.1) is 0 Å². The normalized spacial score (nSPS) is 13.1. The van der Waals surface area contributed by atoms with Crippen molar-refractivity contribution >= 4 is 5.84 Å². The van der Waals surface area contributed by atoms with Gasteiger partial charge in [-0.3, -0.25) is 0 Å². The molecule has 0 spiro atoms. The molecule has 0 aliphatic heterocycles. The van der Waals surface area contributed by atoms with Crippen LogP contribution in [0.4, 0.5) is 0 Å². The van der Waals surface area contributed by atoms with Crippen LogP contribution in [-0.4, -0.2) is 23.8 Å². The van der Waals surface area contributed by atoms with E-state index in [9.17, 15) is 0 Å². The van der Waals surface area contributed by atoms with Crippen LogP contribution in [0.25, 0.3) is 0 Å². The molecule has 0 radical (unpaired) electrons. The van der Waals surface area contributed by atoms with Crippen molar-refractivity contribution in [3.05, 3.63) is 23.8 Å². The monoisotopic (exact) mass is 266 g/mol. The summed E-state index contributed by atoms with van der Waals surface area (Å²) in [4.78, 5) is 0. The van der Waals surface area contributed by atoms with Gasteiger partial charge in [-0.15, -0.1) is 0 Å². The Labute approximate surface area is 114 Å². The highest BCUT2D eigenvalue weighted by Crippen LogP contribution is 2.29. The highest BCUT2D eigenvalue weighted by Gasteiger charge is 2.11. The number of ether oxygens (including phenoxy) is 2. The topological polar surface area (TPSA) is 77.1 Å². The van der Waals surface area contributed by atoms with E-state index < -0.39 is 0 Å². The van der Waals surface area contributed by atoms with Crippen LogP contribution in [0.2, 0.25) is 0 Å². The highest BCUT2D eigenvalue weighted by atomic mass is 16.5. The number of amidine groups is 1. The number of nitrogens with two attached hydrogens (primary N) is 1. The summed E-state index contributed by atoms with van der Waals surface area (Å²) in [5, 5.41) is 11.7. The van der Waals surface area contributed by atoms with Gasteiger partial charge in [0.1, 0.15) is 0 Å². The molecule has 5 nitrogen and oxygen atoms in total. The average Bonchev–Trinajstić information content (AvgIpc) is 2.40. The van der Waals surface area contributed by atoms with Gasteiger partial charge in [0.2, 0.25) is 0 Å². The Hall–Kier alpha value is -1.91. The molecular weight excluding hydrogens is 244 g/mol. The fraction of sp³-hybridized carbons (Fsp3) is 0.500. The number of rotatable bonds is 7. The van der Waals surface area contributed by atoms with Crippen molar-refractivity contribution in [2.45, 2.75) is 39.7 Å². The third-order valence-corrected chi connectivity index (χ3v) is 2.67. The lowest BCUT2D eigenvalue weighted by Crippen LogP contribution is -2.15. The molecule has 0 aliphatic carbocycles. The van der Waals surface area contributed by atoms with E-state index in [1.807, 2.05) is 13.8 Å². The predicted octanol–water partition coefficient (Wildman–Crippen LogP) is 2.75. The average molecular weight is 266 g/mol. The van der Waals surface area contributed by atoms with Crippen LogP contribution in [0.15, 0.2) is 23.4 Å². The second kappa shape index (κ2) is 7.51. The summed E-state index contributed by atoms with van der Waals surface area (Å²) in [5.74, 6) is 1.33. The Morgan fingerprint density at radius 2 is 2.11 bits per heavy atom. The van der Waals surface area contributed by atoms with Crippen molar-refractivity contribution in [1.29, 1.82) is 0 Å². The van der Waals surface area contributed by atoms with E-state index in [0.29, 0.717) is 23.7 Å². The molecule has 106 valence electrons. The van der Waals surface area contributed by atoms with Crippen LogP contribution in [0.3, 0.4) is 0 Å². The molecule has 0 aliphatic rings. The van der Waals surface area contributed by atoms with Gasteiger partial charge in [-0.1, -0.05) is 18.5 Å². The van der Waals surface area contributed by atoms with E-state index in [4.69, 9.17) is 20.4 Å². The third kappa shape index (κ3) is 4.35. The second-order valence-corrected chi connectivity index (χ2v) is 4.30. The van der Waals surface area contributed by atoms with Crippen LogP contribution >= 0.6 is 0 Å². The first-order chi connectivity index (χ1) is 9.12. The van der Waals surface area contributed by atoms with E-state index in [2.05, 4.69) is 12.1 Å². The molecule has 0 amide bonds. The fourth-order valence-corrected chi connectivity index (χ4v) is 1.77. The lowest BCUT2D eigenvalue weighted by molar-refractivity contribution is 0.197. The number of hydrogen-bond acceptors (Lipinski definition) is 4. The molecule has 5 heteroatoms. The zero-order valence-corrected chi connectivity index (χ0v) is 11.7. The minimum absolute atomic E-state index is 0.0501. The maximum absolute atomic E-state index is 8.68. The molecule has 0 bridgehead atoms. The van der Waals surface area contributed by atoms with Crippen LogP contribution < -0.4 is 15.2 Å². The summed E-state index contributed by atoms with van der Waals surface area (Å²) >= 11 is 0. The van der Waals surface area contributed by atoms with Crippen LogP contribution in [-0.2, 0) is 0 Å². The summed E-state index contributed by atoms with van der Waals surface area (Å²) in [6.45, 7) is 6.56. The molecular formula is C14H22N2O3. The largest absolute Gasteiger partial charge is 0.490 e. The van der Waals surface area contributed by atoms with Gasteiger partial charge in [-0.2, -0.15) is 0 Å². The van der Waals surface area contributed by atoms with Crippen molar-refractivity contribution in [2.75, 3.05) is 6.61 Å². The Bertz CT molecular complexity index is 433. The Kier molecular flexibility index (Phi) is 5.99. The van der Waals surface area contributed by atoms with Gasteiger partial charge >= 0.3 is 0 Å². The van der Waals surface area contributed by atoms with Gasteiger partial charge in [-0.25, -0.2) is 0 Å². The van der Waals surface area contributed by atoms with Crippen LogP contribution in [0.5, 0.6) is 11.5 Å². The molecule has 1 aromatic rings. The van der Waals surface area contributed by atoms with E-state index in [1.54, 1.807) is 18.2 Å². The minimum atomic E-state index is 0.0501. The lowest BCUT2D eigenvalue weighted by Gasteiger charge is -2.17. The lowest BCUT2D eigenvalue weighted by atomic mass is 10.2. The van der Waals surface area contributed by atoms with Crippen molar-refractivity contribution < 1.29 is 14.7 Å². The number of oxime groups is 1. The molecule has 0 saturated carbocycles. The Balaban J connectivity index is 2.97. The molecule has 3 N–H and O–H groups in total. The first-order valence-corrected chi connectivity index (χ1v) is 6.53. The van der Waals surface area contributed by atoms with Crippen molar-refractivity contribution in [2.24, 2.45) is 10.9 Å². The Morgan fingerprint density at radius 1 is 1.37 bits per heavy atom. The number of hydrogen-bond donors (Lipinski definition) is 2. The zero-order chi connectivity index (χ0) is 14.3. The minimum Gasteiger partial charge on any atom is -0.490 e. The SMILES string of the molecule is CCCC(C)Oc1ccc(/C(N)=N/O)cc1OCC. The summed E-state index contributed by atoms with van der Waals surface area (Å²) in [7, 11) is 0. The summed E-state index contributed by atoms with van der Waals surface area (Å²) in [6.07, 6.45) is 2.17. The summed E-state index contributed by atoms with van der Waals surface area (Å²) < 4.78 is 11.4. The number of nitrogens with zero attached hydrogens (tertiary/aromatic N) is 1. The fourth-order valence-electron chi connectivity index (χ4n) is 1.77. The smallest absolute Gasteiger partial charge is 0.170 e. The first-order valence-electron chi connectivity index (χ1n) is 6.53. The zero-order valence-electron chi connectivity index (χ0n) is 11.7. The molecule has 19 heavy (non-hydrogen) atoms. The van der Waals surface area contributed by atoms with E-state index in [0.717, 1.165) is 12.8 Å². The third-order valence-electron chi connectivity index (χ3n) is 2.67. The molecule has 0 saturated heterocycles. The van der Waals surface area contributed by atoms with Crippen LogP contribution in [0.1, 0.15) is 39.2 Å². The maximum atomic E-state index is 8.68. The van der Waals surface area contributed by atoms with Gasteiger partial charge in [0.15, 0.2) is 17.3 Å². The van der Waals surface area contributed by atoms with E-state index in [-0.39, 0.29) is 11.9 Å². The van der Waals surface area contributed by atoms with Gasteiger partial charge in [0, 0.05) is 5.56 Å². The van der Waals surface area contributed by atoms with Gasteiger partial charge in [-0.05, 0) is 38.5 Å². The standard InChI is InChI=1S/C14H22N2O3/c1-4-6-10(3)19-12-8-7-11(14(15)16-17)9-13(12)18-5-2/h7-10,17H,4-6H2,1-3H3,(H2,15,16). The quantitative estimate of drug-likeness (QED) is 0.344. The Morgan fingerprint density at radius 3 is 2.68 bits per heavy atom. The van der Waals surface area contributed by atoms with Crippen molar-refractivity contribution in [3.8, 4) is 11.5 Å². The summed E-state index contributed by atoms with van der Waals surface area (Å²) in [6, 6.07) is 5.24. The number of benzene rings is 1. The molecule has 1 unspecified atom stereocenters. The van der Waals surface area contributed by atoms with Gasteiger partial charge < -0.3 is 20.4 Å². The molecule has 0 heterocycles. The highest BCUT2D eigenvalue weighted by molar-refractivity contribution is 5.97. The van der Waals surface area contributed by atoms with E-state index in [1.165, 1.54) is 0 Å². The maximum Gasteiger partial charge on any atom is 0.170 e. The second-order valence-electron chi connectivity index (χ2n) is 4.30. The first kappa shape index (κ1) is 15.1. The molecule has 1 atom stereocenters. The molecule has 0 fully saturated rings. The summed E-state index contributed by atoms with van der Waals surface area (Å²) in [5.41, 5.74) is 6.16. The molecule has 0 aromatic heterocycles. The molecule has 1 aromatic carbocycles. The van der Waals surface area contributed by atoms with E-state index >= 15 is 0 Å². The van der Waals surface area contributed by atoms with Crippen molar-refractivity contribution in [1.82, 2.24) is 0 Å². The predicted molar refractivity (Wildman–Crippen MR) is 75.1 cm³/mol. The van der Waals surface area contributed by atoms with Gasteiger partial charge in [0.05, 0.1) is 12.7 Å². The van der Waals surface area contributed by atoms with Crippen molar-refractivity contribution in [3.63, 3.8) is 0 Å². The van der Waals surface area contributed by atoms with Gasteiger partial charge in [0.25, 0.3) is 0 Å².